The van der Waals surface area contributed by atoms with E-state index in [2.05, 4.69) is 37.4 Å². The number of carbonyl (C=O) groups is 2. The first-order valence-corrected chi connectivity index (χ1v) is 10.3. The van der Waals surface area contributed by atoms with Gasteiger partial charge >= 0.3 is 0 Å². The summed E-state index contributed by atoms with van der Waals surface area (Å²) in [6.45, 7) is 6.35. The maximum atomic E-state index is 13.0. The highest BCUT2D eigenvalue weighted by Gasteiger charge is 2.30. The van der Waals surface area contributed by atoms with Gasteiger partial charge < -0.3 is 19.5 Å². The standard InChI is InChI=1S/C22H21BrN4O3/c1-14(15-6-4-3-5-7-15)26-8-10-27(11-9-26)22(29)20(28)16-12-24-19-18(16)17(30-2)13-25-21(19)23/h3-7,12-13,24H,1,8-11H2,2H3. The van der Waals surface area contributed by atoms with Gasteiger partial charge in [-0.05, 0) is 21.5 Å². The number of hydrogen-bond acceptors (Lipinski definition) is 5. The molecule has 3 heterocycles. The molecule has 154 valence electrons. The summed E-state index contributed by atoms with van der Waals surface area (Å²) in [5, 5.41) is 0.550. The number of rotatable bonds is 5. The van der Waals surface area contributed by atoms with Gasteiger partial charge in [-0.15, -0.1) is 0 Å². The minimum Gasteiger partial charge on any atom is -0.494 e. The van der Waals surface area contributed by atoms with E-state index in [9.17, 15) is 9.59 Å². The Labute approximate surface area is 182 Å². The first kappa shape index (κ1) is 20.2. The van der Waals surface area contributed by atoms with Crippen LogP contribution in [0, 0.1) is 0 Å². The fourth-order valence-corrected chi connectivity index (χ4v) is 4.09. The van der Waals surface area contributed by atoms with Gasteiger partial charge in [0.2, 0.25) is 0 Å². The van der Waals surface area contributed by atoms with Crippen molar-refractivity contribution in [3.8, 4) is 5.75 Å². The third-order valence-electron chi connectivity index (χ3n) is 5.34. The lowest BCUT2D eigenvalue weighted by Gasteiger charge is -2.36. The normalized spacial score (nSPS) is 14.1. The van der Waals surface area contributed by atoms with E-state index < -0.39 is 11.7 Å². The van der Waals surface area contributed by atoms with E-state index in [0.29, 0.717) is 47.4 Å². The third kappa shape index (κ3) is 3.59. The molecule has 2 aromatic heterocycles. The molecule has 4 rings (SSSR count). The zero-order chi connectivity index (χ0) is 21.3. The quantitative estimate of drug-likeness (QED) is 0.353. The molecule has 7 nitrogen and oxygen atoms in total. The van der Waals surface area contributed by atoms with Crippen molar-refractivity contribution in [1.29, 1.82) is 0 Å². The van der Waals surface area contributed by atoms with Crippen molar-refractivity contribution in [2.24, 2.45) is 0 Å². The summed E-state index contributed by atoms with van der Waals surface area (Å²) in [4.78, 5) is 36.8. The van der Waals surface area contributed by atoms with Crippen LogP contribution in [0.1, 0.15) is 15.9 Å². The lowest BCUT2D eigenvalue weighted by atomic mass is 10.1. The van der Waals surface area contributed by atoms with E-state index in [1.165, 1.54) is 19.5 Å². The molecule has 0 bridgehead atoms. The Kier molecular flexibility index (Phi) is 5.59. The van der Waals surface area contributed by atoms with Crippen LogP contribution in [0.25, 0.3) is 16.6 Å². The van der Waals surface area contributed by atoms with Crippen LogP contribution >= 0.6 is 15.9 Å². The van der Waals surface area contributed by atoms with Crippen LogP contribution in [-0.2, 0) is 4.79 Å². The molecule has 1 saturated heterocycles. The second-order valence-electron chi connectivity index (χ2n) is 6.99. The van der Waals surface area contributed by atoms with Gasteiger partial charge in [-0.25, -0.2) is 4.98 Å². The Morgan fingerprint density at radius 1 is 1.13 bits per heavy atom. The maximum absolute atomic E-state index is 13.0. The monoisotopic (exact) mass is 468 g/mol. The molecule has 1 amide bonds. The topological polar surface area (TPSA) is 78.5 Å². The summed E-state index contributed by atoms with van der Waals surface area (Å²) in [5.41, 5.74) is 2.88. The molecular formula is C22H21BrN4O3. The molecule has 3 aromatic rings. The predicted octanol–water partition coefficient (Wildman–Crippen LogP) is 3.33. The van der Waals surface area contributed by atoms with Crippen LogP contribution in [-0.4, -0.2) is 64.7 Å². The van der Waals surface area contributed by atoms with Gasteiger partial charge in [-0.1, -0.05) is 36.9 Å². The minimum atomic E-state index is -0.562. The molecule has 0 saturated carbocycles. The molecule has 0 unspecified atom stereocenters. The lowest BCUT2D eigenvalue weighted by molar-refractivity contribution is -0.127. The van der Waals surface area contributed by atoms with E-state index in [1.807, 2.05) is 30.3 Å². The highest BCUT2D eigenvalue weighted by molar-refractivity contribution is 9.10. The molecule has 0 spiro atoms. The average molecular weight is 469 g/mol. The molecule has 1 aliphatic heterocycles. The number of ketones is 1. The summed E-state index contributed by atoms with van der Waals surface area (Å²) in [6.07, 6.45) is 3.06. The van der Waals surface area contributed by atoms with Crippen LogP contribution in [0.3, 0.4) is 0 Å². The third-order valence-corrected chi connectivity index (χ3v) is 5.94. The van der Waals surface area contributed by atoms with Gasteiger partial charge in [-0.3, -0.25) is 9.59 Å². The second kappa shape index (κ2) is 8.31. The van der Waals surface area contributed by atoms with E-state index in [-0.39, 0.29) is 5.56 Å². The predicted molar refractivity (Wildman–Crippen MR) is 118 cm³/mol. The van der Waals surface area contributed by atoms with Gasteiger partial charge in [0.1, 0.15) is 10.4 Å². The van der Waals surface area contributed by atoms with E-state index >= 15 is 0 Å². The van der Waals surface area contributed by atoms with Crippen molar-refractivity contribution >= 4 is 44.2 Å². The number of nitrogens with zero attached hydrogens (tertiary/aromatic N) is 3. The summed E-state index contributed by atoms with van der Waals surface area (Å²) >= 11 is 3.36. The minimum absolute atomic E-state index is 0.283. The van der Waals surface area contributed by atoms with Gasteiger partial charge in [-0.2, -0.15) is 0 Å². The zero-order valence-electron chi connectivity index (χ0n) is 16.5. The summed E-state index contributed by atoms with van der Waals surface area (Å²) in [6, 6.07) is 9.94. The molecule has 1 N–H and O–H groups in total. The largest absolute Gasteiger partial charge is 0.494 e. The average Bonchev–Trinajstić information content (AvgIpc) is 3.25. The maximum Gasteiger partial charge on any atom is 0.295 e. The highest BCUT2D eigenvalue weighted by Crippen LogP contribution is 2.32. The number of methoxy groups -OCH3 is 1. The number of aromatic nitrogens is 2. The lowest BCUT2D eigenvalue weighted by Crippen LogP contribution is -2.49. The Balaban J connectivity index is 1.49. The number of aromatic amines is 1. The fourth-order valence-electron chi connectivity index (χ4n) is 3.67. The summed E-state index contributed by atoms with van der Waals surface area (Å²) in [7, 11) is 1.51. The van der Waals surface area contributed by atoms with Crippen LogP contribution in [0.5, 0.6) is 5.75 Å². The molecule has 1 aromatic carbocycles. The number of carbonyl (C=O) groups excluding carboxylic acids is 2. The number of benzene rings is 1. The van der Waals surface area contributed by atoms with Crippen molar-refractivity contribution in [3.63, 3.8) is 0 Å². The number of piperazine rings is 1. The molecule has 1 aliphatic rings. The number of amides is 1. The molecule has 8 heteroatoms. The van der Waals surface area contributed by atoms with Gasteiger partial charge in [0.05, 0.1) is 29.8 Å². The molecule has 1 fully saturated rings. The molecular weight excluding hydrogens is 448 g/mol. The Morgan fingerprint density at radius 3 is 2.47 bits per heavy atom. The Morgan fingerprint density at radius 2 is 1.80 bits per heavy atom. The molecule has 30 heavy (non-hydrogen) atoms. The van der Waals surface area contributed by atoms with Gasteiger partial charge in [0, 0.05) is 38.1 Å². The van der Waals surface area contributed by atoms with Crippen molar-refractivity contribution in [1.82, 2.24) is 19.8 Å². The van der Waals surface area contributed by atoms with Crippen molar-refractivity contribution in [2.75, 3.05) is 33.3 Å². The molecule has 0 atom stereocenters. The number of pyridine rings is 1. The number of H-pyrrole nitrogens is 1. The van der Waals surface area contributed by atoms with Gasteiger partial charge in [0.15, 0.2) is 0 Å². The molecule has 0 aliphatic carbocycles. The van der Waals surface area contributed by atoms with Crippen LogP contribution in [0.4, 0.5) is 0 Å². The van der Waals surface area contributed by atoms with Crippen LogP contribution < -0.4 is 4.74 Å². The first-order chi connectivity index (χ1) is 14.5. The van der Waals surface area contributed by atoms with E-state index in [0.717, 1.165) is 11.3 Å². The van der Waals surface area contributed by atoms with Gasteiger partial charge in [0.25, 0.3) is 11.7 Å². The number of fused-ring (bicyclic) bond motifs is 1. The smallest absolute Gasteiger partial charge is 0.295 e. The number of hydrogen-bond donors (Lipinski definition) is 1. The summed E-state index contributed by atoms with van der Waals surface area (Å²) in [5.74, 6) is -0.640. The SMILES string of the molecule is C=C(c1ccccc1)N1CCN(C(=O)C(=O)c2c[nH]c3c(Br)ncc(OC)c23)CC1. The summed E-state index contributed by atoms with van der Waals surface area (Å²) < 4.78 is 5.90. The second-order valence-corrected chi connectivity index (χ2v) is 7.74. The van der Waals surface area contributed by atoms with Crippen molar-refractivity contribution < 1.29 is 14.3 Å². The Bertz CT molecular complexity index is 1120. The van der Waals surface area contributed by atoms with Crippen molar-refractivity contribution in [2.45, 2.75) is 0 Å². The zero-order valence-corrected chi connectivity index (χ0v) is 18.1. The van der Waals surface area contributed by atoms with E-state index in [1.54, 1.807) is 4.90 Å². The number of nitrogens with one attached hydrogen (secondary N) is 1. The fraction of sp³-hybridized carbons (Fsp3) is 0.227. The van der Waals surface area contributed by atoms with Crippen LogP contribution in [0.2, 0.25) is 0 Å². The Hall–Kier alpha value is -3.13. The van der Waals surface area contributed by atoms with Crippen LogP contribution in [0.15, 0.2) is 53.9 Å². The number of ether oxygens (including phenoxy) is 1. The molecule has 0 radical (unpaired) electrons. The van der Waals surface area contributed by atoms with E-state index in [4.69, 9.17) is 4.74 Å². The van der Waals surface area contributed by atoms with Crippen molar-refractivity contribution in [3.05, 3.63) is 65.0 Å². The highest BCUT2D eigenvalue weighted by atomic mass is 79.9. The number of Topliss-reactive ketones (excluding diaryl/α,β-unsaturated/α-hetero) is 1. The number of halogens is 1. The first-order valence-electron chi connectivity index (χ1n) is 9.53.